The van der Waals surface area contributed by atoms with E-state index in [1.54, 1.807) is 0 Å². The van der Waals surface area contributed by atoms with Crippen LogP contribution in [-0.4, -0.2) is 16.1 Å². The molecule has 1 heterocycles. The molecule has 0 atom stereocenters. The number of hydrogen-bond acceptors (Lipinski definition) is 2. The first-order valence-electron chi connectivity index (χ1n) is 3.83. The van der Waals surface area contributed by atoms with Crippen molar-refractivity contribution in [1.29, 1.82) is 0 Å². The molecule has 2 N–H and O–H groups in total. The third kappa shape index (κ3) is 2.85. The molecule has 4 nitrogen and oxygen atoms in total. The third-order valence-corrected chi connectivity index (χ3v) is 2.29. The van der Waals surface area contributed by atoms with Crippen LogP contribution in [0.4, 0.5) is 8.78 Å². The number of pyridine rings is 1. The lowest BCUT2D eigenvalue weighted by molar-refractivity contribution is -0.136. The monoisotopic (exact) mass is 281 g/mol. The van der Waals surface area contributed by atoms with E-state index >= 15 is 0 Å². The number of H-pyrrole nitrogens is 1. The van der Waals surface area contributed by atoms with Crippen LogP contribution in [0.15, 0.2) is 15.3 Å². The van der Waals surface area contributed by atoms with Crippen molar-refractivity contribution in [3.05, 3.63) is 32.2 Å². The first kappa shape index (κ1) is 11.8. The Balaban J connectivity index is 3.20. The van der Waals surface area contributed by atoms with Crippen LogP contribution in [0.25, 0.3) is 0 Å². The SMILES string of the molecule is O=C(O)Cc1cc(Br)c(C(F)F)c(=O)[nH]1. The number of alkyl halides is 2. The van der Waals surface area contributed by atoms with Crippen molar-refractivity contribution in [2.24, 2.45) is 0 Å². The summed E-state index contributed by atoms with van der Waals surface area (Å²) < 4.78 is 24.5. The fourth-order valence-corrected chi connectivity index (χ4v) is 1.68. The van der Waals surface area contributed by atoms with Gasteiger partial charge in [0.1, 0.15) is 0 Å². The summed E-state index contributed by atoms with van der Waals surface area (Å²) in [4.78, 5) is 23.5. The predicted octanol–water partition coefficient (Wildman–Crippen LogP) is 1.70. The minimum atomic E-state index is -2.90. The van der Waals surface area contributed by atoms with Gasteiger partial charge < -0.3 is 10.1 Å². The molecule has 0 bridgehead atoms. The van der Waals surface area contributed by atoms with Gasteiger partial charge in [-0.3, -0.25) is 9.59 Å². The van der Waals surface area contributed by atoms with Gasteiger partial charge >= 0.3 is 5.97 Å². The molecule has 0 aliphatic heterocycles. The summed E-state index contributed by atoms with van der Waals surface area (Å²) in [6.07, 6.45) is -3.32. The van der Waals surface area contributed by atoms with E-state index in [0.717, 1.165) is 6.07 Å². The average molecular weight is 282 g/mol. The molecule has 82 valence electrons. The molecule has 0 unspecified atom stereocenters. The fraction of sp³-hybridized carbons (Fsp3) is 0.250. The Morgan fingerprint density at radius 1 is 1.60 bits per heavy atom. The summed E-state index contributed by atoms with van der Waals surface area (Å²) in [6.45, 7) is 0. The van der Waals surface area contributed by atoms with Gasteiger partial charge in [0.2, 0.25) is 0 Å². The fourth-order valence-electron chi connectivity index (χ4n) is 1.05. The highest BCUT2D eigenvalue weighted by Gasteiger charge is 2.17. The number of aromatic nitrogens is 1. The molecule has 0 aliphatic carbocycles. The second-order valence-electron chi connectivity index (χ2n) is 2.76. The molecule has 0 amide bonds. The zero-order chi connectivity index (χ0) is 11.6. The third-order valence-electron chi connectivity index (χ3n) is 1.64. The maximum Gasteiger partial charge on any atom is 0.309 e. The van der Waals surface area contributed by atoms with E-state index in [0.29, 0.717) is 0 Å². The maximum atomic E-state index is 12.3. The van der Waals surface area contributed by atoms with Crippen LogP contribution < -0.4 is 5.56 Å². The molecule has 7 heteroatoms. The highest BCUT2D eigenvalue weighted by molar-refractivity contribution is 9.10. The normalized spacial score (nSPS) is 10.7. The van der Waals surface area contributed by atoms with Crippen molar-refractivity contribution in [3.63, 3.8) is 0 Å². The van der Waals surface area contributed by atoms with Crippen LogP contribution in [0.1, 0.15) is 17.7 Å². The number of carboxylic acid groups (broad SMARTS) is 1. The lowest BCUT2D eigenvalue weighted by atomic mass is 10.2. The lowest BCUT2D eigenvalue weighted by Gasteiger charge is -2.04. The average Bonchev–Trinajstić information content (AvgIpc) is 1.99. The zero-order valence-corrected chi connectivity index (χ0v) is 8.85. The Labute approximate surface area is 91.1 Å². The Bertz CT molecular complexity index is 444. The summed E-state index contributed by atoms with van der Waals surface area (Å²) in [5, 5.41) is 8.44. The number of carboxylic acids is 1. The molecule has 1 aromatic rings. The number of halogens is 3. The van der Waals surface area contributed by atoms with E-state index in [1.165, 1.54) is 0 Å². The van der Waals surface area contributed by atoms with Crippen LogP contribution in [-0.2, 0) is 11.2 Å². The molecule has 0 aromatic carbocycles. The first-order valence-corrected chi connectivity index (χ1v) is 4.62. The van der Waals surface area contributed by atoms with Crippen LogP contribution in [0.2, 0.25) is 0 Å². The Kier molecular flexibility index (Phi) is 3.57. The lowest BCUT2D eigenvalue weighted by Crippen LogP contribution is -2.17. The van der Waals surface area contributed by atoms with Gasteiger partial charge in [0.15, 0.2) is 0 Å². The van der Waals surface area contributed by atoms with Crippen molar-refractivity contribution >= 4 is 21.9 Å². The number of carbonyl (C=O) groups is 1. The number of aromatic amines is 1. The van der Waals surface area contributed by atoms with Crippen LogP contribution in [0.3, 0.4) is 0 Å². The molecular formula is C8H6BrF2NO3. The van der Waals surface area contributed by atoms with E-state index in [2.05, 4.69) is 20.9 Å². The van der Waals surface area contributed by atoms with Gasteiger partial charge in [-0.25, -0.2) is 8.78 Å². The summed E-state index contributed by atoms with van der Waals surface area (Å²) in [6, 6.07) is 1.16. The molecule has 0 radical (unpaired) electrons. The van der Waals surface area contributed by atoms with Gasteiger partial charge in [-0.15, -0.1) is 0 Å². The molecular weight excluding hydrogens is 276 g/mol. The second-order valence-corrected chi connectivity index (χ2v) is 3.61. The van der Waals surface area contributed by atoms with Crippen molar-refractivity contribution in [1.82, 2.24) is 4.98 Å². The topological polar surface area (TPSA) is 70.2 Å². The van der Waals surface area contributed by atoms with Crippen LogP contribution in [0, 0.1) is 0 Å². The highest BCUT2D eigenvalue weighted by Crippen LogP contribution is 2.23. The first-order chi connectivity index (χ1) is 6.91. The van der Waals surface area contributed by atoms with E-state index in [9.17, 15) is 18.4 Å². The van der Waals surface area contributed by atoms with Crippen molar-refractivity contribution in [2.45, 2.75) is 12.8 Å². The highest BCUT2D eigenvalue weighted by atomic mass is 79.9. The molecule has 0 spiro atoms. The number of rotatable bonds is 3. The Morgan fingerprint density at radius 2 is 2.20 bits per heavy atom. The van der Waals surface area contributed by atoms with E-state index in [4.69, 9.17) is 5.11 Å². The number of aliphatic carboxylic acids is 1. The van der Waals surface area contributed by atoms with Gasteiger partial charge in [-0.1, -0.05) is 15.9 Å². The van der Waals surface area contributed by atoms with Gasteiger partial charge in [0, 0.05) is 10.2 Å². The van der Waals surface area contributed by atoms with Crippen LogP contribution in [0.5, 0.6) is 0 Å². The second kappa shape index (κ2) is 4.52. The van der Waals surface area contributed by atoms with Crippen molar-refractivity contribution in [2.75, 3.05) is 0 Å². The van der Waals surface area contributed by atoms with E-state index < -0.39 is 29.9 Å². The van der Waals surface area contributed by atoms with Gasteiger partial charge in [0.05, 0.1) is 12.0 Å². The largest absolute Gasteiger partial charge is 0.481 e. The van der Waals surface area contributed by atoms with Gasteiger partial charge in [0.25, 0.3) is 12.0 Å². The number of nitrogens with one attached hydrogen (secondary N) is 1. The summed E-state index contributed by atoms with van der Waals surface area (Å²) in [7, 11) is 0. The molecule has 0 saturated carbocycles. The molecule has 0 aliphatic rings. The molecule has 15 heavy (non-hydrogen) atoms. The minimum Gasteiger partial charge on any atom is -0.481 e. The van der Waals surface area contributed by atoms with Crippen molar-refractivity contribution in [3.8, 4) is 0 Å². The summed E-state index contributed by atoms with van der Waals surface area (Å²) >= 11 is 2.80. The molecule has 1 aromatic heterocycles. The van der Waals surface area contributed by atoms with Gasteiger partial charge in [-0.2, -0.15) is 0 Å². The molecule has 1 rings (SSSR count). The summed E-state index contributed by atoms with van der Waals surface area (Å²) in [5.74, 6) is -1.15. The quantitative estimate of drug-likeness (QED) is 0.886. The van der Waals surface area contributed by atoms with E-state index in [-0.39, 0.29) is 10.2 Å². The van der Waals surface area contributed by atoms with Gasteiger partial charge in [-0.05, 0) is 6.07 Å². The van der Waals surface area contributed by atoms with E-state index in [1.807, 2.05) is 0 Å². The smallest absolute Gasteiger partial charge is 0.309 e. The summed E-state index contributed by atoms with van der Waals surface area (Å²) in [5.41, 5.74) is -1.59. The minimum absolute atomic E-state index is 0.0729. The standard InChI is InChI=1S/C8H6BrF2NO3/c9-4-1-3(2-5(13)14)12-8(15)6(4)7(10)11/h1,7H,2H2,(H,12,15)(H,13,14). The molecule has 0 fully saturated rings. The predicted molar refractivity (Wildman–Crippen MR) is 51.1 cm³/mol. The zero-order valence-electron chi connectivity index (χ0n) is 7.26. The Morgan fingerprint density at radius 3 is 2.60 bits per heavy atom. The van der Waals surface area contributed by atoms with Crippen LogP contribution >= 0.6 is 15.9 Å². The Hall–Kier alpha value is -1.24. The van der Waals surface area contributed by atoms with Crippen molar-refractivity contribution < 1.29 is 18.7 Å². The molecule has 0 saturated heterocycles. The maximum absolute atomic E-state index is 12.3. The number of hydrogen-bond donors (Lipinski definition) is 2.